The van der Waals surface area contributed by atoms with E-state index in [0.29, 0.717) is 13.1 Å². The Morgan fingerprint density at radius 3 is 2.38 bits per heavy atom. The molecule has 0 saturated carbocycles. The highest BCUT2D eigenvalue weighted by Crippen LogP contribution is 2.44. The number of carbonyl (C=O) groups is 1. The van der Waals surface area contributed by atoms with E-state index in [-0.39, 0.29) is 16.7 Å². The van der Waals surface area contributed by atoms with Gasteiger partial charge in [-0.2, -0.15) is 0 Å². The summed E-state index contributed by atoms with van der Waals surface area (Å²) < 4.78 is 24.8. The van der Waals surface area contributed by atoms with Gasteiger partial charge < -0.3 is 4.90 Å². The van der Waals surface area contributed by atoms with Gasteiger partial charge in [-0.15, -0.1) is 0 Å². The van der Waals surface area contributed by atoms with Crippen LogP contribution in [-0.2, 0) is 14.8 Å². The number of sulfonamides is 1. The van der Waals surface area contributed by atoms with Crippen LogP contribution >= 0.6 is 0 Å². The fraction of sp³-hybridized carbons (Fsp3) is 0.800. The smallest absolute Gasteiger partial charge is 0.228 e. The molecule has 0 radical (unpaired) electrons. The van der Waals surface area contributed by atoms with Gasteiger partial charge in [0.25, 0.3) is 0 Å². The molecule has 0 aromatic heterocycles. The summed E-state index contributed by atoms with van der Waals surface area (Å²) in [5.41, 5.74) is -0.245. The van der Waals surface area contributed by atoms with Crippen LogP contribution in [0.5, 0.6) is 0 Å². The molecule has 0 aromatic rings. The maximum Gasteiger partial charge on any atom is 0.228 e. The molecule has 118 valence electrons. The van der Waals surface area contributed by atoms with Gasteiger partial charge in [0, 0.05) is 31.6 Å². The maximum absolute atomic E-state index is 12.7. The van der Waals surface area contributed by atoms with E-state index < -0.39 is 10.0 Å². The first-order valence-corrected chi connectivity index (χ1v) is 9.49. The monoisotopic (exact) mass is 312 g/mol. The van der Waals surface area contributed by atoms with Crippen LogP contribution in [0.15, 0.2) is 12.2 Å². The van der Waals surface area contributed by atoms with E-state index in [1.807, 2.05) is 4.90 Å². The predicted molar refractivity (Wildman–Crippen MR) is 81.1 cm³/mol. The molecule has 0 N–H and O–H groups in total. The second-order valence-electron chi connectivity index (χ2n) is 7.28. The number of hydrogen-bond acceptors (Lipinski definition) is 3. The predicted octanol–water partition coefficient (Wildman–Crippen LogP) is 1.23. The minimum absolute atomic E-state index is 0.0135. The molecule has 1 unspecified atom stereocenters. The van der Waals surface area contributed by atoms with Crippen LogP contribution < -0.4 is 0 Å². The lowest BCUT2D eigenvalue weighted by Gasteiger charge is -2.51. The molecule has 3 aliphatic rings. The molecule has 2 fully saturated rings. The van der Waals surface area contributed by atoms with Crippen LogP contribution in [0, 0.1) is 10.8 Å². The van der Waals surface area contributed by atoms with Crippen LogP contribution in [0.1, 0.15) is 32.6 Å². The number of allylic oxidation sites excluding steroid dienone is 2. The van der Waals surface area contributed by atoms with Crippen molar-refractivity contribution in [3.63, 3.8) is 0 Å². The van der Waals surface area contributed by atoms with Crippen molar-refractivity contribution in [3.05, 3.63) is 12.2 Å². The number of nitrogens with zero attached hydrogens (tertiary/aromatic N) is 2. The van der Waals surface area contributed by atoms with Gasteiger partial charge in [-0.1, -0.05) is 19.1 Å². The van der Waals surface area contributed by atoms with Gasteiger partial charge >= 0.3 is 0 Å². The average Bonchev–Trinajstić information content (AvgIpc) is 2.82. The minimum atomic E-state index is -3.10. The standard InChI is InChI=1S/C15H24N2O3S/c1-14(6-4-3-5-7-14)13(18)16-10-15(11-16)8-9-17(12-15)21(2,19)20/h3-4H,5-12H2,1-2H3. The largest absolute Gasteiger partial charge is 0.341 e. The molecule has 2 aliphatic heterocycles. The van der Waals surface area contributed by atoms with E-state index in [1.54, 1.807) is 4.31 Å². The summed E-state index contributed by atoms with van der Waals surface area (Å²) in [5.74, 6) is 0.246. The van der Waals surface area contributed by atoms with Gasteiger partial charge in [0.05, 0.1) is 11.7 Å². The maximum atomic E-state index is 12.7. The molecule has 1 aliphatic carbocycles. The molecule has 1 spiro atoms. The van der Waals surface area contributed by atoms with Crippen molar-refractivity contribution < 1.29 is 13.2 Å². The number of carbonyl (C=O) groups excluding carboxylic acids is 1. The van der Waals surface area contributed by atoms with E-state index in [0.717, 1.165) is 38.8 Å². The van der Waals surface area contributed by atoms with Crippen molar-refractivity contribution >= 4 is 15.9 Å². The molecule has 21 heavy (non-hydrogen) atoms. The van der Waals surface area contributed by atoms with Gasteiger partial charge in [-0.3, -0.25) is 4.79 Å². The summed E-state index contributed by atoms with van der Waals surface area (Å²) >= 11 is 0. The van der Waals surface area contributed by atoms with Gasteiger partial charge in [0.1, 0.15) is 0 Å². The third-order valence-corrected chi connectivity index (χ3v) is 6.58. The first-order valence-electron chi connectivity index (χ1n) is 7.64. The molecule has 6 heteroatoms. The van der Waals surface area contributed by atoms with Gasteiger partial charge in [-0.25, -0.2) is 12.7 Å². The molecule has 3 rings (SSSR count). The molecule has 2 heterocycles. The SMILES string of the molecule is CC1(C(=O)N2CC3(CCN(S(C)(=O)=O)C3)C2)CC=CCC1. The number of amides is 1. The van der Waals surface area contributed by atoms with Crippen LogP contribution in [-0.4, -0.2) is 56.0 Å². The molecule has 5 nitrogen and oxygen atoms in total. The highest BCUT2D eigenvalue weighted by molar-refractivity contribution is 7.88. The Kier molecular flexibility index (Phi) is 3.44. The van der Waals surface area contributed by atoms with Crippen LogP contribution in [0.25, 0.3) is 0 Å². The average molecular weight is 312 g/mol. The topological polar surface area (TPSA) is 57.7 Å². The van der Waals surface area contributed by atoms with Gasteiger partial charge in [-0.05, 0) is 25.7 Å². The molecule has 1 atom stereocenters. The first-order chi connectivity index (χ1) is 9.74. The third kappa shape index (κ3) is 2.63. The fourth-order valence-corrected chi connectivity index (χ4v) is 4.81. The van der Waals surface area contributed by atoms with Gasteiger partial charge in [0.15, 0.2) is 0 Å². The van der Waals surface area contributed by atoms with Gasteiger partial charge in [0.2, 0.25) is 15.9 Å². The van der Waals surface area contributed by atoms with Crippen molar-refractivity contribution in [2.75, 3.05) is 32.4 Å². The number of hydrogen-bond donors (Lipinski definition) is 0. The molecule has 0 aromatic carbocycles. The van der Waals surface area contributed by atoms with Crippen molar-refractivity contribution in [2.24, 2.45) is 10.8 Å². The second-order valence-corrected chi connectivity index (χ2v) is 9.27. The van der Waals surface area contributed by atoms with Crippen molar-refractivity contribution in [1.82, 2.24) is 9.21 Å². The summed E-state index contributed by atoms with van der Waals surface area (Å²) in [5, 5.41) is 0. The fourth-order valence-electron chi connectivity index (χ4n) is 3.88. The Balaban J connectivity index is 1.61. The van der Waals surface area contributed by atoms with E-state index in [2.05, 4.69) is 19.1 Å². The minimum Gasteiger partial charge on any atom is -0.341 e. The van der Waals surface area contributed by atoms with Crippen molar-refractivity contribution in [1.29, 1.82) is 0 Å². The normalized spacial score (nSPS) is 32.4. The van der Waals surface area contributed by atoms with E-state index in [9.17, 15) is 13.2 Å². The summed E-state index contributed by atoms with van der Waals surface area (Å²) in [4.78, 5) is 14.6. The Morgan fingerprint density at radius 2 is 1.86 bits per heavy atom. The van der Waals surface area contributed by atoms with Crippen molar-refractivity contribution in [2.45, 2.75) is 32.6 Å². The lowest BCUT2D eigenvalue weighted by atomic mass is 9.73. The summed E-state index contributed by atoms with van der Waals surface area (Å²) in [6, 6.07) is 0. The lowest BCUT2D eigenvalue weighted by Crippen LogP contribution is -2.62. The summed E-state index contributed by atoms with van der Waals surface area (Å²) in [7, 11) is -3.10. The van der Waals surface area contributed by atoms with Crippen LogP contribution in [0.2, 0.25) is 0 Å². The van der Waals surface area contributed by atoms with Crippen LogP contribution in [0.3, 0.4) is 0 Å². The van der Waals surface area contributed by atoms with E-state index >= 15 is 0 Å². The second kappa shape index (κ2) is 4.81. The third-order valence-electron chi connectivity index (χ3n) is 5.33. The summed E-state index contributed by atoms with van der Waals surface area (Å²) in [6.07, 6.45) is 9.12. The number of likely N-dealkylation sites (tertiary alicyclic amines) is 1. The Bertz CT molecular complexity index is 578. The zero-order valence-electron chi connectivity index (χ0n) is 12.8. The quantitative estimate of drug-likeness (QED) is 0.721. The molecule has 1 amide bonds. The Labute approximate surface area is 127 Å². The lowest BCUT2D eigenvalue weighted by molar-refractivity contribution is -0.153. The molecule has 0 bridgehead atoms. The van der Waals surface area contributed by atoms with E-state index in [4.69, 9.17) is 0 Å². The molecule has 2 saturated heterocycles. The van der Waals surface area contributed by atoms with Crippen molar-refractivity contribution in [3.8, 4) is 0 Å². The Morgan fingerprint density at radius 1 is 1.14 bits per heavy atom. The molecular formula is C15H24N2O3S. The first kappa shape index (κ1) is 15.0. The molecular weight excluding hydrogens is 288 g/mol. The highest BCUT2D eigenvalue weighted by Gasteiger charge is 2.53. The Hall–Kier alpha value is -0.880. The highest BCUT2D eigenvalue weighted by atomic mass is 32.2. The van der Waals surface area contributed by atoms with E-state index in [1.165, 1.54) is 6.26 Å². The zero-order valence-corrected chi connectivity index (χ0v) is 13.7. The summed E-state index contributed by atoms with van der Waals surface area (Å²) in [6.45, 7) is 4.67. The number of rotatable bonds is 2. The zero-order chi connectivity index (χ0) is 15.3. The van der Waals surface area contributed by atoms with Crippen LogP contribution in [0.4, 0.5) is 0 Å².